The van der Waals surface area contributed by atoms with Gasteiger partial charge in [-0.3, -0.25) is 4.79 Å². The summed E-state index contributed by atoms with van der Waals surface area (Å²) in [6.07, 6.45) is 2.95. The Morgan fingerprint density at radius 1 is 1.06 bits per heavy atom. The standard InChI is InChI=1S/C26H30FN3O5/c1-16(24(31)32)17-7-10-21(11-8-17)35-26(34)30-13-12-18-14-20(9-6-19(18)15-30)28-25(33)29-23-5-3-2-4-22(23)27/h2-6,9,14,16-17,21H,7-8,10-13,15H2,1H3,(H,31,32)(H2,28,29,33)/t16?,17-,21-. The number of hydrogen-bond acceptors (Lipinski definition) is 4. The van der Waals surface area contributed by atoms with E-state index in [0.717, 1.165) is 24.0 Å². The molecule has 1 heterocycles. The number of aliphatic carboxylic acids is 1. The predicted octanol–water partition coefficient (Wildman–Crippen LogP) is 5.24. The van der Waals surface area contributed by atoms with Crippen LogP contribution in [0.1, 0.15) is 43.7 Å². The predicted molar refractivity (Wildman–Crippen MR) is 129 cm³/mol. The summed E-state index contributed by atoms with van der Waals surface area (Å²) in [6, 6.07) is 10.9. The molecule has 2 aromatic carbocycles. The SMILES string of the molecule is CC(C(=O)O)[C@H]1CC[C@H](OC(=O)N2CCc3cc(NC(=O)Nc4ccccc4F)ccc3C2)CC1. The normalized spacial score (nSPS) is 20.3. The molecular formula is C26H30FN3O5. The molecule has 35 heavy (non-hydrogen) atoms. The lowest BCUT2D eigenvalue weighted by Gasteiger charge is -2.33. The maximum absolute atomic E-state index is 13.7. The van der Waals surface area contributed by atoms with Gasteiger partial charge in [0, 0.05) is 18.8 Å². The van der Waals surface area contributed by atoms with Crippen molar-refractivity contribution in [3.05, 3.63) is 59.4 Å². The highest BCUT2D eigenvalue weighted by molar-refractivity contribution is 5.99. The van der Waals surface area contributed by atoms with Gasteiger partial charge >= 0.3 is 18.1 Å². The minimum Gasteiger partial charge on any atom is -0.481 e. The Morgan fingerprint density at radius 3 is 2.51 bits per heavy atom. The third kappa shape index (κ3) is 6.09. The first-order valence-electron chi connectivity index (χ1n) is 11.9. The fourth-order valence-electron chi connectivity index (χ4n) is 4.76. The lowest BCUT2D eigenvalue weighted by Crippen LogP contribution is -2.39. The van der Waals surface area contributed by atoms with E-state index in [4.69, 9.17) is 4.74 Å². The highest BCUT2D eigenvalue weighted by Crippen LogP contribution is 2.32. The van der Waals surface area contributed by atoms with E-state index >= 15 is 0 Å². The summed E-state index contributed by atoms with van der Waals surface area (Å²) >= 11 is 0. The molecule has 1 unspecified atom stereocenters. The molecule has 2 aliphatic rings. The molecule has 0 aromatic heterocycles. The zero-order valence-corrected chi connectivity index (χ0v) is 19.6. The number of amides is 3. The van der Waals surface area contributed by atoms with Crippen LogP contribution in [0.3, 0.4) is 0 Å². The second-order valence-electron chi connectivity index (χ2n) is 9.26. The monoisotopic (exact) mass is 483 g/mol. The van der Waals surface area contributed by atoms with Crippen LogP contribution in [-0.2, 0) is 22.5 Å². The van der Waals surface area contributed by atoms with Crippen molar-refractivity contribution in [2.24, 2.45) is 11.8 Å². The molecule has 4 rings (SSSR count). The Hall–Kier alpha value is -3.62. The van der Waals surface area contributed by atoms with Gasteiger partial charge in [-0.25, -0.2) is 14.0 Å². The molecule has 0 bridgehead atoms. The van der Waals surface area contributed by atoms with Crippen LogP contribution in [0.4, 0.5) is 25.4 Å². The van der Waals surface area contributed by atoms with Crippen molar-refractivity contribution in [1.29, 1.82) is 0 Å². The van der Waals surface area contributed by atoms with Crippen molar-refractivity contribution >= 4 is 29.5 Å². The van der Waals surface area contributed by atoms with Gasteiger partial charge in [0.25, 0.3) is 0 Å². The molecule has 1 saturated carbocycles. The van der Waals surface area contributed by atoms with Crippen LogP contribution >= 0.6 is 0 Å². The molecule has 1 aliphatic carbocycles. The Bertz CT molecular complexity index is 1100. The summed E-state index contributed by atoms with van der Waals surface area (Å²) in [4.78, 5) is 37.8. The summed E-state index contributed by atoms with van der Waals surface area (Å²) in [6.45, 7) is 2.66. The van der Waals surface area contributed by atoms with E-state index in [0.29, 0.717) is 38.0 Å². The number of urea groups is 1. The lowest BCUT2D eigenvalue weighted by atomic mass is 9.80. The van der Waals surface area contributed by atoms with Crippen LogP contribution in [0, 0.1) is 17.7 Å². The summed E-state index contributed by atoms with van der Waals surface area (Å²) < 4.78 is 19.5. The van der Waals surface area contributed by atoms with E-state index in [2.05, 4.69) is 10.6 Å². The van der Waals surface area contributed by atoms with Crippen molar-refractivity contribution in [3.63, 3.8) is 0 Å². The average Bonchev–Trinajstić information content (AvgIpc) is 2.85. The number of halogens is 1. The number of benzene rings is 2. The van der Waals surface area contributed by atoms with Crippen LogP contribution in [0.5, 0.6) is 0 Å². The Balaban J connectivity index is 1.28. The lowest BCUT2D eigenvalue weighted by molar-refractivity contribution is -0.143. The number of carbonyl (C=O) groups excluding carboxylic acids is 2. The number of carboxylic acid groups (broad SMARTS) is 1. The number of nitrogens with zero attached hydrogens (tertiary/aromatic N) is 1. The first-order valence-corrected chi connectivity index (χ1v) is 11.9. The quantitative estimate of drug-likeness (QED) is 0.539. The van der Waals surface area contributed by atoms with Crippen LogP contribution in [0.25, 0.3) is 0 Å². The van der Waals surface area contributed by atoms with Gasteiger partial charge in [-0.1, -0.05) is 25.1 Å². The minimum absolute atomic E-state index is 0.0991. The molecule has 0 spiro atoms. The molecule has 1 aliphatic heterocycles. The molecular weight excluding hydrogens is 453 g/mol. The first kappa shape index (κ1) is 24.5. The highest BCUT2D eigenvalue weighted by Gasteiger charge is 2.31. The number of anilines is 2. The van der Waals surface area contributed by atoms with Crippen LogP contribution in [0.2, 0.25) is 0 Å². The van der Waals surface area contributed by atoms with E-state index in [1.165, 1.54) is 12.1 Å². The van der Waals surface area contributed by atoms with Crippen molar-refractivity contribution < 1.29 is 28.6 Å². The number of hydrogen-bond donors (Lipinski definition) is 3. The van der Waals surface area contributed by atoms with Crippen molar-refractivity contribution in [3.8, 4) is 0 Å². The van der Waals surface area contributed by atoms with Gasteiger partial charge < -0.3 is 25.4 Å². The number of fused-ring (bicyclic) bond motifs is 1. The van der Waals surface area contributed by atoms with Gasteiger partial charge in [0.05, 0.1) is 11.6 Å². The zero-order chi connectivity index (χ0) is 24.9. The van der Waals surface area contributed by atoms with E-state index in [1.807, 2.05) is 12.1 Å². The van der Waals surface area contributed by atoms with Crippen molar-refractivity contribution in [2.75, 3.05) is 17.2 Å². The summed E-state index contributed by atoms with van der Waals surface area (Å²) in [7, 11) is 0. The van der Waals surface area contributed by atoms with E-state index < -0.39 is 17.8 Å². The third-order valence-corrected chi connectivity index (χ3v) is 6.94. The molecule has 1 atom stereocenters. The largest absolute Gasteiger partial charge is 0.481 e. The van der Waals surface area contributed by atoms with Crippen molar-refractivity contribution in [2.45, 2.75) is 51.7 Å². The molecule has 3 amide bonds. The van der Waals surface area contributed by atoms with Gasteiger partial charge in [-0.15, -0.1) is 0 Å². The van der Waals surface area contributed by atoms with E-state index in [9.17, 15) is 23.9 Å². The topological polar surface area (TPSA) is 108 Å². The van der Waals surface area contributed by atoms with Gasteiger partial charge in [0.1, 0.15) is 11.9 Å². The fourth-order valence-corrected chi connectivity index (χ4v) is 4.76. The summed E-state index contributed by atoms with van der Waals surface area (Å²) in [5.74, 6) is -1.54. The third-order valence-electron chi connectivity index (χ3n) is 6.94. The maximum atomic E-state index is 13.7. The molecule has 3 N–H and O–H groups in total. The first-order chi connectivity index (χ1) is 16.8. The number of para-hydroxylation sites is 1. The molecule has 8 nitrogen and oxygen atoms in total. The average molecular weight is 484 g/mol. The fraction of sp³-hybridized carbons (Fsp3) is 0.423. The molecule has 2 aromatic rings. The summed E-state index contributed by atoms with van der Waals surface area (Å²) in [5.41, 5.74) is 2.69. The minimum atomic E-state index is -0.776. The van der Waals surface area contributed by atoms with Crippen molar-refractivity contribution in [1.82, 2.24) is 4.90 Å². The Kier molecular flexibility index (Phi) is 7.53. The number of ether oxygens (including phenoxy) is 1. The Labute approximate surface area is 203 Å². The number of carbonyl (C=O) groups is 3. The maximum Gasteiger partial charge on any atom is 0.410 e. The van der Waals surface area contributed by atoms with Gasteiger partial charge in [0.2, 0.25) is 0 Å². The molecule has 0 radical (unpaired) electrons. The molecule has 186 valence electrons. The van der Waals surface area contributed by atoms with Crippen LogP contribution in [0.15, 0.2) is 42.5 Å². The number of nitrogens with one attached hydrogen (secondary N) is 2. The molecule has 1 fully saturated rings. The zero-order valence-electron chi connectivity index (χ0n) is 19.6. The van der Waals surface area contributed by atoms with Gasteiger partial charge in [0.15, 0.2) is 0 Å². The van der Waals surface area contributed by atoms with Gasteiger partial charge in [-0.2, -0.15) is 0 Å². The summed E-state index contributed by atoms with van der Waals surface area (Å²) in [5, 5.41) is 14.4. The van der Waals surface area contributed by atoms with Gasteiger partial charge in [-0.05, 0) is 73.4 Å². The number of rotatable bonds is 5. The van der Waals surface area contributed by atoms with Crippen LogP contribution in [-0.4, -0.2) is 40.7 Å². The smallest absolute Gasteiger partial charge is 0.410 e. The molecule has 0 saturated heterocycles. The highest BCUT2D eigenvalue weighted by atomic mass is 19.1. The Morgan fingerprint density at radius 2 is 1.80 bits per heavy atom. The second-order valence-corrected chi connectivity index (χ2v) is 9.26. The van der Waals surface area contributed by atoms with E-state index in [1.54, 1.807) is 30.0 Å². The molecule has 9 heteroatoms. The second kappa shape index (κ2) is 10.8. The number of carboxylic acids is 1. The van der Waals surface area contributed by atoms with Crippen LogP contribution < -0.4 is 10.6 Å². The van der Waals surface area contributed by atoms with E-state index in [-0.39, 0.29) is 29.7 Å².